The first-order valence-corrected chi connectivity index (χ1v) is 6.43. The van der Waals surface area contributed by atoms with Gasteiger partial charge in [-0.1, -0.05) is 25.4 Å². The maximum atomic E-state index is 6.14. The topological polar surface area (TPSA) is 42.2 Å². The highest BCUT2D eigenvalue weighted by Gasteiger charge is 2.33. The molecule has 1 aromatic rings. The minimum absolute atomic E-state index is 0.178. The molecule has 2 N–H and O–H groups in total. The molecule has 3 nitrogen and oxygen atoms in total. The van der Waals surface area contributed by atoms with Gasteiger partial charge in [0.25, 0.3) is 0 Å². The quantitative estimate of drug-likeness (QED) is 0.880. The molecule has 0 saturated carbocycles. The summed E-state index contributed by atoms with van der Waals surface area (Å²) in [5, 5.41) is 0.750. The van der Waals surface area contributed by atoms with Crippen molar-refractivity contribution in [2.45, 2.75) is 32.9 Å². The van der Waals surface area contributed by atoms with Crippen LogP contribution in [-0.4, -0.2) is 29.0 Å². The number of likely N-dealkylation sites (tertiary alicyclic amines) is 1. The third kappa shape index (κ3) is 2.97. The summed E-state index contributed by atoms with van der Waals surface area (Å²) >= 11 is 6.13. The summed E-state index contributed by atoms with van der Waals surface area (Å²) in [4.78, 5) is 6.43. The molecule has 0 spiro atoms. The van der Waals surface area contributed by atoms with Gasteiger partial charge in [0.1, 0.15) is 0 Å². The van der Waals surface area contributed by atoms with Crippen LogP contribution in [0.5, 0.6) is 0 Å². The van der Waals surface area contributed by atoms with Gasteiger partial charge in [-0.3, -0.25) is 9.88 Å². The van der Waals surface area contributed by atoms with Crippen LogP contribution >= 0.6 is 11.6 Å². The minimum atomic E-state index is 0.178. The van der Waals surface area contributed by atoms with E-state index in [1.54, 1.807) is 12.4 Å². The summed E-state index contributed by atoms with van der Waals surface area (Å²) in [6.45, 7) is 7.42. The monoisotopic (exact) mass is 253 g/mol. The van der Waals surface area contributed by atoms with E-state index < -0.39 is 0 Å². The van der Waals surface area contributed by atoms with Gasteiger partial charge in [0.05, 0.1) is 5.02 Å². The van der Waals surface area contributed by atoms with Crippen LogP contribution in [0.25, 0.3) is 0 Å². The lowest BCUT2D eigenvalue weighted by Crippen LogP contribution is -2.52. The van der Waals surface area contributed by atoms with Gasteiger partial charge >= 0.3 is 0 Å². The maximum absolute atomic E-state index is 6.14. The Hall–Kier alpha value is -0.640. The molecule has 17 heavy (non-hydrogen) atoms. The number of piperidine rings is 1. The Bertz CT molecular complexity index is 392. The summed E-state index contributed by atoms with van der Waals surface area (Å²) in [6.07, 6.45) is 4.55. The molecular weight excluding hydrogens is 234 g/mol. The lowest BCUT2D eigenvalue weighted by molar-refractivity contribution is 0.0899. The van der Waals surface area contributed by atoms with E-state index in [0.29, 0.717) is 6.04 Å². The Morgan fingerprint density at radius 2 is 2.35 bits per heavy atom. The fraction of sp³-hybridized carbons (Fsp3) is 0.615. The van der Waals surface area contributed by atoms with Crippen molar-refractivity contribution in [3.8, 4) is 0 Å². The average molecular weight is 254 g/mol. The second-order valence-electron chi connectivity index (χ2n) is 5.56. The molecule has 0 amide bonds. The van der Waals surface area contributed by atoms with E-state index in [-0.39, 0.29) is 5.41 Å². The number of rotatable bonds is 2. The highest BCUT2D eigenvalue weighted by molar-refractivity contribution is 6.31. The molecule has 1 aliphatic rings. The van der Waals surface area contributed by atoms with Crippen LogP contribution in [0.1, 0.15) is 25.8 Å². The summed E-state index contributed by atoms with van der Waals surface area (Å²) in [6, 6.07) is 2.29. The first-order chi connectivity index (χ1) is 7.99. The minimum Gasteiger partial charge on any atom is -0.327 e. The number of nitrogens with two attached hydrogens (primary N) is 1. The Morgan fingerprint density at radius 3 is 3.00 bits per heavy atom. The van der Waals surface area contributed by atoms with E-state index in [1.165, 1.54) is 0 Å². The summed E-state index contributed by atoms with van der Waals surface area (Å²) in [7, 11) is 0. The zero-order valence-corrected chi connectivity index (χ0v) is 11.2. The van der Waals surface area contributed by atoms with Crippen molar-refractivity contribution in [2.75, 3.05) is 13.1 Å². The Morgan fingerprint density at radius 1 is 1.59 bits per heavy atom. The second kappa shape index (κ2) is 4.92. The summed E-state index contributed by atoms with van der Waals surface area (Å²) in [5.74, 6) is 0. The molecule has 0 radical (unpaired) electrons. The van der Waals surface area contributed by atoms with Gasteiger partial charge in [0, 0.05) is 38.1 Å². The van der Waals surface area contributed by atoms with Crippen LogP contribution in [0.2, 0.25) is 5.02 Å². The number of aromatic nitrogens is 1. The number of hydrogen-bond acceptors (Lipinski definition) is 3. The van der Waals surface area contributed by atoms with Crippen LogP contribution in [0.15, 0.2) is 18.5 Å². The largest absolute Gasteiger partial charge is 0.327 e. The van der Waals surface area contributed by atoms with Crippen molar-refractivity contribution in [3.05, 3.63) is 29.0 Å². The number of hydrogen-bond donors (Lipinski definition) is 1. The molecule has 1 unspecified atom stereocenters. The predicted octanol–water partition coefficient (Wildman–Crippen LogP) is 2.29. The van der Waals surface area contributed by atoms with E-state index in [4.69, 9.17) is 17.3 Å². The smallest absolute Gasteiger partial charge is 0.0634 e. The molecule has 1 fully saturated rings. The van der Waals surface area contributed by atoms with E-state index >= 15 is 0 Å². The second-order valence-corrected chi connectivity index (χ2v) is 5.97. The zero-order valence-electron chi connectivity index (χ0n) is 10.5. The third-order valence-corrected chi connectivity index (χ3v) is 3.98. The van der Waals surface area contributed by atoms with Crippen LogP contribution in [0.3, 0.4) is 0 Å². The predicted molar refractivity (Wildman–Crippen MR) is 70.9 cm³/mol. The van der Waals surface area contributed by atoms with Gasteiger partial charge in [-0.2, -0.15) is 0 Å². The van der Waals surface area contributed by atoms with E-state index in [0.717, 1.165) is 36.6 Å². The molecule has 1 aliphatic heterocycles. The summed E-state index contributed by atoms with van der Waals surface area (Å²) in [5.41, 5.74) is 7.46. The van der Waals surface area contributed by atoms with Gasteiger partial charge in [0.2, 0.25) is 0 Å². The average Bonchev–Trinajstić information content (AvgIpc) is 2.26. The maximum Gasteiger partial charge on any atom is 0.0634 e. The van der Waals surface area contributed by atoms with Crippen LogP contribution in [0, 0.1) is 5.41 Å². The van der Waals surface area contributed by atoms with Gasteiger partial charge in [-0.15, -0.1) is 0 Å². The van der Waals surface area contributed by atoms with Crippen molar-refractivity contribution in [1.82, 2.24) is 9.88 Å². The lowest BCUT2D eigenvalue weighted by atomic mass is 9.79. The molecule has 1 aromatic heterocycles. The Labute approximate surface area is 108 Å². The SMILES string of the molecule is CC1(C)CN(Cc2ccncc2Cl)CCC1N. The molecule has 2 rings (SSSR count). The van der Waals surface area contributed by atoms with Crippen molar-refractivity contribution < 1.29 is 0 Å². The normalized spacial score (nSPS) is 24.8. The van der Waals surface area contributed by atoms with Crippen LogP contribution < -0.4 is 5.73 Å². The first kappa shape index (κ1) is 12.8. The standard InChI is InChI=1S/C13H20ClN3/c1-13(2)9-17(6-4-12(13)15)8-10-3-5-16-7-11(10)14/h3,5,7,12H,4,6,8-9,15H2,1-2H3. The molecule has 2 heterocycles. The Kier molecular flexibility index (Phi) is 3.71. The third-order valence-electron chi connectivity index (χ3n) is 3.64. The lowest BCUT2D eigenvalue weighted by Gasteiger charge is -2.42. The molecule has 0 bridgehead atoms. The number of halogens is 1. The van der Waals surface area contributed by atoms with Crippen molar-refractivity contribution in [3.63, 3.8) is 0 Å². The van der Waals surface area contributed by atoms with Crippen molar-refractivity contribution in [1.29, 1.82) is 0 Å². The Balaban J connectivity index is 2.04. The first-order valence-electron chi connectivity index (χ1n) is 6.05. The van der Waals surface area contributed by atoms with Gasteiger partial charge in [-0.25, -0.2) is 0 Å². The van der Waals surface area contributed by atoms with Gasteiger partial charge in [0.15, 0.2) is 0 Å². The highest BCUT2D eigenvalue weighted by atomic mass is 35.5. The van der Waals surface area contributed by atoms with Gasteiger partial charge < -0.3 is 5.73 Å². The molecule has 0 aromatic carbocycles. The molecular formula is C13H20ClN3. The zero-order chi connectivity index (χ0) is 12.5. The number of pyridine rings is 1. The van der Waals surface area contributed by atoms with Crippen molar-refractivity contribution in [2.24, 2.45) is 11.1 Å². The van der Waals surface area contributed by atoms with E-state index in [9.17, 15) is 0 Å². The van der Waals surface area contributed by atoms with E-state index in [1.807, 2.05) is 6.07 Å². The van der Waals surface area contributed by atoms with Crippen LogP contribution in [0.4, 0.5) is 0 Å². The number of nitrogens with zero attached hydrogens (tertiary/aromatic N) is 2. The fourth-order valence-electron chi connectivity index (χ4n) is 2.39. The fourth-order valence-corrected chi connectivity index (χ4v) is 2.57. The van der Waals surface area contributed by atoms with Crippen LogP contribution in [-0.2, 0) is 6.54 Å². The molecule has 0 aliphatic carbocycles. The molecule has 1 atom stereocenters. The van der Waals surface area contributed by atoms with Gasteiger partial charge in [-0.05, 0) is 23.5 Å². The molecule has 94 valence electrons. The summed E-state index contributed by atoms with van der Waals surface area (Å²) < 4.78 is 0. The highest BCUT2D eigenvalue weighted by Crippen LogP contribution is 2.29. The molecule has 4 heteroatoms. The van der Waals surface area contributed by atoms with E-state index in [2.05, 4.69) is 23.7 Å². The van der Waals surface area contributed by atoms with Crippen molar-refractivity contribution >= 4 is 11.6 Å². The molecule has 1 saturated heterocycles.